The van der Waals surface area contributed by atoms with E-state index in [1.807, 2.05) is 0 Å². The van der Waals surface area contributed by atoms with Crippen molar-refractivity contribution in [1.29, 1.82) is 0 Å². The van der Waals surface area contributed by atoms with Gasteiger partial charge in [-0.1, -0.05) is 12.1 Å². The summed E-state index contributed by atoms with van der Waals surface area (Å²) < 4.78 is 0. The summed E-state index contributed by atoms with van der Waals surface area (Å²) in [5, 5.41) is 15.5. The molecule has 0 spiro atoms. The fraction of sp³-hybridized carbons (Fsp3) is 0.500. The number of pyridine rings is 2. The standard InChI is InChI=1S/C24H31N5O3/c30-23(20-5-1-2-12-25-20)28-21(24(31)32)11-15-29-14-10-17(16-29)6-8-19-9-7-18-4-3-13-26-22(18)27-19/h1-2,5,7,9,12,17,21H,3-4,6,8,10-11,13-16H2,(H,26,27)(H,28,30)(H,31,32)/t17-,21-/m0/s1. The predicted octanol–water partition coefficient (Wildman–Crippen LogP) is 2.36. The number of carboxylic acids is 1. The molecule has 170 valence electrons. The molecule has 0 aliphatic carbocycles. The molecule has 4 heterocycles. The summed E-state index contributed by atoms with van der Waals surface area (Å²) in [5.74, 6) is 0.169. The lowest BCUT2D eigenvalue weighted by Gasteiger charge is -2.20. The first kappa shape index (κ1) is 22.2. The van der Waals surface area contributed by atoms with E-state index in [2.05, 4.69) is 32.7 Å². The number of aromatic nitrogens is 2. The van der Waals surface area contributed by atoms with Gasteiger partial charge < -0.3 is 20.6 Å². The molecule has 0 bridgehead atoms. The molecule has 2 aromatic rings. The maximum Gasteiger partial charge on any atom is 0.326 e. The van der Waals surface area contributed by atoms with E-state index in [1.54, 1.807) is 18.2 Å². The monoisotopic (exact) mass is 437 g/mol. The van der Waals surface area contributed by atoms with E-state index in [0.29, 0.717) is 18.9 Å². The normalized spacial score (nSPS) is 19.1. The molecular formula is C24H31N5O3. The Balaban J connectivity index is 1.22. The molecule has 2 atom stereocenters. The summed E-state index contributed by atoms with van der Waals surface area (Å²) in [6, 6.07) is 8.44. The molecule has 32 heavy (non-hydrogen) atoms. The van der Waals surface area contributed by atoms with E-state index < -0.39 is 17.9 Å². The van der Waals surface area contributed by atoms with Crippen LogP contribution in [0, 0.1) is 5.92 Å². The van der Waals surface area contributed by atoms with Gasteiger partial charge in [0.1, 0.15) is 17.6 Å². The van der Waals surface area contributed by atoms with Crippen molar-refractivity contribution in [2.45, 2.75) is 44.6 Å². The highest BCUT2D eigenvalue weighted by Gasteiger charge is 2.26. The molecule has 4 rings (SSSR count). The van der Waals surface area contributed by atoms with Gasteiger partial charge in [-0.15, -0.1) is 0 Å². The lowest BCUT2D eigenvalue weighted by Crippen LogP contribution is -2.43. The van der Waals surface area contributed by atoms with Crippen LogP contribution >= 0.6 is 0 Å². The number of rotatable bonds is 9. The first-order valence-electron chi connectivity index (χ1n) is 11.5. The number of carbonyl (C=O) groups is 2. The second-order valence-corrected chi connectivity index (χ2v) is 8.70. The number of amides is 1. The van der Waals surface area contributed by atoms with Crippen molar-refractivity contribution in [3.05, 3.63) is 53.5 Å². The highest BCUT2D eigenvalue weighted by atomic mass is 16.4. The van der Waals surface area contributed by atoms with Crippen molar-refractivity contribution < 1.29 is 14.7 Å². The largest absolute Gasteiger partial charge is 0.480 e. The number of aliphatic carboxylic acids is 1. The molecule has 8 heteroatoms. The smallest absolute Gasteiger partial charge is 0.326 e. The van der Waals surface area contributed by atoms with E-state index >= 15 is 0 Å². The van der Waals surface area contributed by atoms with Crippen LogP contribution in [0.4, 0.5) is 5.82 Å². The molecule has 2 aliphatic heterocycles. The maximum absolute atomic E-state index is 12.3. The Morgan fingerprint density at radius 3 is 3.00 bits per heavy atom. The minimum atomic E-state index is -1.02. The lowest BCUT2D eigenvalue weighted by atomic mass is 10.00. The molecule has 1 fully saturated rings. The molecule has 3 N–H and O–H groups in total. The molecule has 1 saturated heterocycles. The van der Waals surface area contributed by atoms with Crippen LogP contribution in [-0.2, 0) is 17.6 Å². The van der Waals surface area contributed by atoms with Gasteiger partial charge >= 0.3 is 5.97 Å². The molecule has 1 amide bonds. The molecular weight excluding hydrogens is 406 g/mol. The number of fused-ring (bicyclic) bond motifs is 1. The van der Waals surface area contributed by atoms with E-state index in [1.165, 1.54) is 18.2 Å². The zero-order valence-corrected chi connectivity index (χ0v) is 18.3. The van der Waals surface area contributed by atoms with Crippen LogP contribution in [0.2, 0.25) is 0 Å². The van der Waals surface area contributed by atoms with Gasteiger partial charge in [0.2, 0.25) is 0 Å². The second-order valence-electron chi connectivity index (χ2n) is 8.70. The van der Waals surface area contributed by atoms with Crippen molar-refractivity contribution in [2.24, 2.45) is 5.92 Å². The van der Waals surface area contributed by atoms with Gasteiger partial charge in [-0.25, -0.2) is 9.78 Å². The van der Waals surface area contributed by atoms with Gasteiger partial charge in [0.25, 0.3) is 5.91 Å². The van der Waals surface area contributed by atoms with Gasteiger partial charge in [-0.05, 0) is 74.8 Å². The number of aryl methyl sites for hydroxylation is 2. The fourth-order valence-electron chi connectivity index (χ4n) is 4.51. The number of nitrogens with zero attached hydrogens (tertiary/aromatic N) is 3. The second kappa shape index (κ2) is 10.5. The van der Waals surface area contributed by atoms with Gasteiger partial charge in [0.05, 0.1) is 0 Å². The molecule has 0 aromatic carbocycles. The Morgan fingerprint density at radius 2 is 2.19 bits per heavy atom. The molecule has 0 radical (unpaired) electrons. The van der Waals surface area contributed by atoms with Crippen LogP contribution in [-0.4, -0.2) is 64.1 Å². The third-order valence-electron chi connectivity index (χ3n) is 6.37. The summed E-state index contributed by atoms with van der Waals surface area (Å²) in [6.45, 7) is 3.58. The Morgan fingerprint density at radius 1 is 1.28 bits per heavy atom. The van der Waals surface area contributed by atoms with Crippen molar-refractivity contribution in [3.63, 3.8) is 0 Å². The molecule has 2 aliphatic rings. The number of nitrogens with one attached hydrogen (secondary N) is 2. The number of likely N-dealkylation sites (tertiary alicyclic amines) is 1. The van der Waals surface area contributed by atoms with Crippen molar-refractivity contribution in [2.75, 3.05) is 31.5 Å². The highest BCUT2D eigenvalue weighted by Crippen LogP contribution is 2.24. The van der Waals surface area contributed by atoms with E-state index in [4.69, 9.17) is 4.98 Å². The summed E-state index contributed by atoms with van der Waals surface area (Å²) in [5.41, 5.74) is 2.68. The predicted molar refractivity (Wildman–Crippen MR) is 122 cm³/mol. The Kier molecular flexibility index (Phi) is 7.32. The van der Waals surface area contributed by atoms with Crippen LogP contribution in [0.25, 0.3) is 0 Å². The van der Waals surface area contributed by atoms with Crippen LogP contribution in [0.5, 0.6) is 0 Å². The quantitative estimate of drug-likeness (QED) is 0.553. The molecule has 0 unspecified atom stereocenters. The van der Waals surface area contributed by atoms with E-state index in [-0.39, 0.29) is 5.69 Å². The van der Waals surface area contributed by atoms with Gasteiger partial charge in [0.15, 0.2) is 0 Å². The number of hydrogen-bond acceptors (Lipinski definition) is 6. The van der Waals surface area contributed by atoms with Crippen LogP contribution in [0.3, 0.4) is 0 Å². The highest BCUT2D eigenvalue weighted by molar-refractivity contribution is 5.94. The number of hydrogen-bond donors (Lipinski definition) is 3. The Labute approximate surface area is 188 Å². The fourth-order valence-corrected chi connectivity index (χ4v) is 4.51. The van der Waals surface area contributed by atoms with E-state index in [0.717, 1.165) is 56.8 Å². The molecule has 8 nitrogen and oxygen atoms in total. The van der Waals surface area contributed by atoms with Gasteiger partial charge in [-0.3, -0.25) is 9.78 Å². The Bertz CT molecular complexity index is 936. The van der Waals surface area contributed by atoms with Crippen LogP contribution in [0.1, 0.15) is 47.4 Å². The summed E-state index contributed by atoms with van der Waals surface area (Å²) >= 11 is 0. The van der Waals surface area contributed by atoms with Gasteiger partial charge in [-0.2, -0.15) is 0 Å². The zero-order chi connectivity index (χ0) is 22.3. The maximum atomic E-state index is 12.3. The topological polar surface area (TPSA) is 107 Å². The summed E-state index contributed by atoms with van der Waals surface area (Å²) in [6.07, 6.45) is 7.33. The van der Waals surface area contributed by atoms with E-state index in [9.17, 15) is 14.7 Å². The van der Waals surface area contributed by atoms with Crippen molar-refractivity contribution >= 4 is 17.7 Å². The Hall–Kier alpha value is -3.00. The average molecular weight is 438 g/mol. The van der Waals surface area contributed by atoms with Crippen LogP contribution in [0.15, 0.2) is 36.5 Å². The first-order chi connectivity index (χ1) is 15.6. The first-order valence-corrected chi connectivity index (χ1v) is 11.5. The number of carboxylic acid groups (broad SMARTS) is 1. The average Bonchev–Trinajstić information content (AvgIpc) is 3.28. The minimum Gasteiger partial charge on any atom is -0.480 e. The van der Waals surface area contributed by atoms with Crippen molar-refractivity contribution in [1.82, 2.24) is 20.2 Å². The minimum absolute atomic E-state index is 0.228. The summed E-state index contributed by atoms with van der Waals surface area (Å²) in [4.78, 5) is 35.0. The van der Waals surface area contributed by atoms with Crippen molar-refractivity contribution in [3.8, 4) is 0 Å². The number of carbonyl (C=O) groups excluding carboxylic acids is 1. The SMILES string of the molecule is O=C(N[C@@H](CCN1CC[C@H](CCc2ccc3c(n2)NCCC3)C1)C(=O)O)c1ccccn1. The third-order valence-corrected chi connectivity index (χ3v) is 6.37. The molecule has 0 saturated carbocycles. The van der Waals surface area contributed by atoms with Crippen LogP contribution < -0.4 is 10.6 Å². The zero-order valence-electron chi connectivity index (χ0n) is 18.3. The summed E-state index contributed by atoms with van der Waals surface area (Å²) in [7, 11) is 0. The number of anilines is 1. The molecule has 2 aromatic heterocycles. The van der Waals surface area contributed by atoms with Gasteiger partial charge in [0, 0.05) is 31.5 Å². The lowest BCUT2D eigenvalue weighted by molar-refractivity contribution is -0.139. The third kappa shape index (κ3) is 5.82.